The molecule has 3 aromatic heterocycles. The van der Waals surface area contributed by atoms with Gasteiger partial charge in [0.25, 0.3) is 0 Å². The molecule has 0 aromatic carbocycles. The van der Waals surface area contributed by atoms with Crippen LogP contribution in [0.3, 0.4) is 0 Å². The van der Waals surface area contributed by atoms with Gasteiger partial charge < -0.3 is 29.1 Å². The maximum atomic E-state index is 11.0. The van der Waals surface area contributed by atoms with E-state index in [9.17, 15) is 5.11 Å². The van der Waals surface area contributed by atoms with Gasteiger partial charge in [0.05, 0.1) is 31.3 Å². The van der Waals surface area contributed by atoms with Gasteiger partial charge in [-0.05, 0) is 26.0 Å². The Labute approximate surface area is 186 Å². The zero-order valence-corrected chi connectivity index (χ0v) is 18.2. The number of aliphatic hydroxyl groups excluding tert-OH is 1. The molecular formula is C21H27N9O2. The lowest BCUT2D eigenvalue weighted by Crippen LogP contribution is -2.39. The van der Waals surface area contributed by atoms with Gasteiger partial charge in [-0.1, -0.05) is 6.07 Å². The maximum absolute atomic E-state index is 11.0. The molecule has 5 rings (SSSR count). The Morgan fingerprint density at radius 1 is 1.03 bits per heavy atom. The average Bonchev–Trinajstić information content (AvgIpc) is 3.47. The summed E-state index contributed by atoms with van der Waals surface area (Å²) in [6.07, 6.45) is 4.37. The van der Waals surface area contributed by atoms with E-state index < -0.39 is 6.35 Å². The van der Waals surface area contributed by atoms with Crippen molar-refractivity contribution in [2.75, 3.05) is 54.1 Å². The zero-order chi connectivity index (χ0) is 22.1. The van der Waals surface area contributed by atoms with Gasteiger partial charge in [0.1, 0.15) is 17.8 Å². The number of hydrogen-bond donors (Lipinski definition) is 1. The van der Waals surface area contributed by atoms with Gasteiger partial charge in [0.2, 0.25) is 12.3 Å². The number of anilines is 3. The minimum Gasteiger partial charge on any atom is -0.378 e. The van der Waals surface area contributed by atoms with Crippen molar-refractivity contribution in [1.29, 1.82) is 0 Å². The molecule has 0 saturated carbocycles. The Hall–Kier alpha value is -3.31. The Kier molecular flexibility index (Phi) is 5.58. The maximum Gasteiger partial charge on any atom is 0.225 e. The fourth-order valence-corrected chi connectivity index (χ4v) is 4.01. The van der Waals surface area contributed by atoms with Gasteiger partial charge >= 0.3 is 0 Å². The van der Waals surface area contributed by atoms with Crippen LogP contribution in [0.25, 0.3) is 11.5 Å². The van der Waals surface area contributed by atoms with Crippen LogP contribution in [-0.4, -0.2) is 80.6 Å². The van der Waals surface area contributed by atoms with Crippen molar-refractivity contribution < 1.29 is 9.84 Å². The molecule has 0 amide bonds. The largest absolute Gasteiger partial charge is 0.378 e. The number of aromatic nitrogens is 6. The van der Waals surface area contributed by atoms with Crippen LogP contribution in [0, 0.1) is 0 Å². The van der Waals surface area contributed by atoms with E-state index >= 15 is 0 Å². The number of morpholine rings is 1. The number of aliphatic hydroxyl groups is 1. The van der Waals surface area contributed by atoms with Crippen LogP contribution in [0.15, 0.2) is 36.9 Å². The van der Waals surface area contributed by atoms with E-state index in [1.54, 1.807) is 18.7 Å². The molecule has 0 radical (unpaired) electrons. The zero-order valence-electron chi connectivity index (χ0n) is 18.2. The van der Waals surface area contributed by atoms with E-state index in [1.165, 1.54) is 0 Å². The van der Waals surface area contributed by atoms with Crippen molar-refractivity contribution in [1.82, 2.24) is 29.7 Å². The molecule has 3 aromatic rings. The fraction of sp³-hybridized carbons (Fsp3) is 0.476. The molecule has 32 heavy (non-hydrogen) atoms. The third kappa shape index (κ3) is 3.84. The highest BCUT2D eigenvalue weighted by molar-refractivity contribution is 5.57. The molecule has 0 bridgehead atoms. The van der Waals surface area contributed by atoms with Crippen LogP contribution in [0.2, 0.25) is 0 Å². The molecule has 2 fully saturated rings. The first-order chi connectivity index (χ1) is 15.6. The lowest BCUT2D eigenvalue weighted by molar-refractivity contribution is 0.122. The van der Waals surface area contributed by atoms with Crippen LogP contribution in [0.1, 0.15) is 19.9 Å². The van der Waals surface area contributed by atoms with Crippen LogP contribution in [0.4, 0.5) is 17.5 Å². The molecule has 2 aliphatic rings. The Bertz CT molecular complexity index is 1050. The van der Waals surface area contributed by atoms with Crippen LogP contribution in [0.5, 0.6) is 0 Å². The topological polar surface area (TPSA) is 109 Å². The number of ether oxygens (including phenoxy) is 1. The van der Waals surface area contributed by atoms with E-state index in [4.69, 9.17) is 9.72 Å². The molecule has 2 saturated heterocycles. The summed E-state index contributed by atoms with van der Waals surface area (Å²) in [5.41, 5.74) is 1.49. The highest BCUT2D eigenvalue weighted by Gasteiger charge is 2.32. The summed E-state index contributed by atoms with van der Waals surface area (Å²) >= 11 is 0. The lowest BCUT2D eigenvalue weighted by atomic mass is 10.3. The first-order valence-electron chi connectivity index (χ1n) is 10.8. The van der Waals surface area contributed by atoms with E-state index in [2.05, 4.69) is 38.9 Å². The second-order valence-electron chi connectivity index (χ2n) is 8.11. The Balaban J connectivity index is 1.33. The third-order valence-electron chi connectivity index (χ3n) is 5.78. The predicted octanol–water partition coefficient (Wildman–Crippen LogP) is 1.15. The molecular weight excluding hydrogens is 410 g/mol. The SMILES string of the molecule is CC(C)n1cnnc1-c1cccc(N2CCN(c3cnc(N4CCOCC4)nc3)C2O)n1. The molecule has 1 atom stereocenters. The van der Waals surface area contributed by atoms with Crippen molar-refractivity contribution in [2.24, 2.45) is 0 Å². The van der Waals surface area contributed by atoms with E-state index in [0.29, 0.717) is 43.9 Å². The number of hydrogen-bond acceptors (Lipinski definition) is 10. The van der Waals surface area contributed by atoms with Gasteiger partial charge in [-0.2, -0.15) is 0 Å². The average molecular weight is 438 g/mol. The van der Waals surface area contributed by atoms with E-state index in [-0.39, 0.29) is 6.04 Å². The van der Waals surface area contributed by atoms with E-state index in [0.717, 1.165) is 24.5 Å². The monoisotopic (exact) mass is 437 g/mol. The summed E-state index contributed by atoms with van der Waals surface area (Å²) in [5, 5.41) is 19.3. The second-order valence-corrected chi connectivity index (χ2v) is 8.11. The van der Waals surface area contributed by atoms with Crippen LogP contribution < -0.4 is 14.7 Å². The Morgan fingerprint density at radius 3 is 2.53 bits per heavy atom. The van der Waals surface area contributed by atoms with Crippen LogP contribution >= 0.6 is 0 Å². The van der Waals surface area contributed by atoms with Crippen molar-refractivity contribution in [3.8, 4) is 11.5 Å². The molecule has 0 aliphatic carbocycles. The quantitative estimate of drug-likeness (QED) is 0.624. The summed E-state index contributed by atoms with van der Waals surface area (Å²) in [5.74, 6) is 2.08. The first kappa shape index (κ1) is 20.6. The lowest BCUT2D eigenvalue weighted by Gasteiger charge is -2.29. The molecule has 0 spiro atoms. The highest BCUT2D eigenvalue weighted by Crippen LogP contribution is 2.28. The molecule has 1 N–H and O–H groups in total. The van der Waals surface area contributed by atoms with Crippen LogP contribution in [-0.2, 0) is 4.74 Å². The number of rotatable bonds is 5. The predicted molar refractivity (Wildman–Crippen MR) is 119 cm³/mol. The first-order valence-corrected chi connectivity index (χ1v) is 10.8. The molecule has 5 heterocycles. The van der Waals surface area contributed by atoms with Crippen molar-refractivity contribution in [3.63, 3.8) is 0 Å². The van der Waals surface area contributed by atoms with Gasteiger partial charge in [0.15, 0.2) is 5.82 Å². The third-order valence-corrected chi connectivity index (χ3v) is 5.78. The fourth-order valence-electron chi connectivity index (χ4n) is 4.01. The molecule has 11 heteroatoms. The summed E-state index contributed by atoms with van der Waals surface area (Å²) in [6, 6.07) is 5.95. The van der Waals surface area contributed by atoms with Crippen molar-refractivity contribution >= 4 is 17.5 Å². The second kappa shape index (κ2) is 8.67. The molecule has 168 valence electrons. The van der Waals surface area contributed by atoms with Gasteiger partial charge in [-0.15, -0.1) is 10.2 Å². The van der Waals surface area contributed by atoms with Gasteiger partial charge in [-0.25, -0.2) is 15.0 Å². The summed E-state index contributed by atoms with van der Waals surface area (Å²) in [4.78, 5) is 19.6. The van der Waals surface area contributed by atoms with E-state index in [1.807, 2.05) is 32.6 Å². The smallest absolute Gasteiger partial charge is 0.225 e. The summed E-state index contributed by atoms with van der Waals surface area (Å²) in [6.45, 7) is 8.35. The number of pyridine rings is 1. The molecule has 11 nitrogen and oxygen atoms in total. The Morgan fingerprint density at radius 2 is 1.78 bits per heavy atom. The minimum absolute atomic E-state index is 0.221. The number of nitrogens with zero attached hydrogens (tertiary/aromatic N) is 9. The molecule has 2 aliphatic heterocycles. The normalized spacial score (nSPS) is 19.2. The standard InChI is InChI=1S/C21H27N9O2/c1-15(2)30-14-24-26-19(30)17-4-3-5-18(25-17)29-7-6-28(21(29)31)16-12-22-20(23-13-16)27-8-10-32-11-9-27/h3-5,12-15,21,31H,6-11H2,1-2H3. The van der Waals surface area contributed by atoms with Crippen molar-refractivity contribution in [3.05, 3.63) is 36.9 Å². The molecule has 1 unspecified atom stereocenters. The highest BCUT2D eigenvalue weighted by atomic mass is 16.5. The summed E-state index contributed by atoms with van der Waals surface area (Å²) < 4.78 is 7.36. The van der Waals surface area contributed by atoms with Gasteiger partial charge in [-0.3, -0.25) is 0 Å². The minimum atomic E-state index is -0.862. The van der Waals surface area contributed by atoms with Gasteiger partial charge in [0, 0.05) is 32.2 Å². The van der Waals surface area contributed by atoms with Crippen molar-refractivity contribution in [2.45, 2.75) is 26.2 Å². The summed E-state index contributed by atoms with van der Waals surface area (Å²) in [7, 11) is 0.